The van der Waals surface area contributed by atoms with Crippen molar-refractivity contribution in [2.75, 3.05) is 5.48 Å². The normalized spacial score (nSPS) is 18.8. The van der Waals surface area contributed by atoms with Gasteiger partial charge in [-0.2, -0.15) is 0 Å². The van der Waals surface area contributed by atoms with Gasteiger partial charge in [0.15, 0.2) is 5.78 Å². The molecule has 0 saturated heterocycles. The summed E-state index contributed by atoms with van der Waals surface area (Å²) in [6.07, 6.45) is 4.47. The van der Waals surface area contributed by atoms with Crippen LogP contribution in [-0.2, 0) is 14.4 Å². The molecule has 0 bridgehead atoms. The van der Waals surface area contributed by atoms with E-state index in [1.54, 1.807) is 18.2 Å². The summed E-state index contributed by atoms with van der Waals surface area (Å²) in [5, 5.41) is 0. The quantitative estimate of drug-likeness (QED) is 0.639. The highest BCUT2D eigenvalue weighted by molar-refractivity contribution is 6.05. The van der Waals surface area contributed by atoms with Crippen molar-refractivity contribution in [3.05, 3.63) is 42.5 Å². The first-order chi connectivity index (χ1) is 8.27. The molecule has 88 valence electrons. The van der Waals surface area contributed by atoms with Crippen LogP contribution in [0.1, 0.15) is 12.8 Å². The van der Waals surface area contributed by atoms with E-state index in [0.717, 1.165) is 6.42 Å². The van der Waals surface area contributed by atoms with E-state index in [1.165, 1.54) is 6.08 Å². The third kappa shape index (κ3) is 2.93. The van der Waals surface area contributed by atoms with E-state index >= 15 is 0 Å². The highest BCUT2D eigenvalue weighted by Gasteiger charge is 2.28. The van der Waals surface area contributed by atoms with Gasteiger partial charge < -0.3 is 4.84 Å². The Morgan fingerprint density at radius 3 is 2.76 bits per heavy atom. The van der Waals surface area contributed by atoms with Gasteiger partial charge in [-0.3, -0.25) is 4.79 Å². The van der Waals surface area contributed by atoms with Gasteiger partial charge >= 0.3 is 5.97 Å². The minimum absolute atomic E-state index is 0.184. The maximum atomic E-state index is 11.6. The number of nitrogens with one attached hydrogen (secondary N) is 1. The number of hydrogen-bond donors (Lipinski definition) is 1. The molecule has 0 heterocycles. The number of hydrogen-bond acceptors (Lipinski definition) is 4. The summed E-state index contributed by atoms with van der Waals surface area (Å²) in [6.45, 7) is 0. The Hall–Kier alpha value is -2.10. The second-order valence-electron chi connectivity index (χ2n) is 3.82. The molecule has 17 heavy (non-hydrogen) atoms. The fraction of sp³-hybridized carbons (Fsp3) is 0.231. The van der Waals surface area contributed by atoms with E-state index in [4.69, 9.17) is 4.84 Å². The number of rotatable bonds is 3. The highest BCUT2D eigenvalue weighted by atomic mass is 16.7. The van der Waals surface area contributed by atoms with Crippen molar-refractivity contribution in [2.45, 2.75) is 12.8 Å². The summed E-state index contributed by atoms with van der Waals surface area (Å²) in [6, 6.07) is 9.06. The largest absolute Gasteiger partial charge is 0.343 e. The number of anilines is 1. The molecule has 1 aliphatic carbocycles. The van der Waals surface area contributed by atoms with Crippen molar-refractivity contribution >= 4 is 17.4 Å². The molecule has 1 aromatic rings. The lowest BCUT2D eigenvalue weighted by Crippen LogP contribution is -2.28. The number of benzene rings is 1. The Kier molecular flexibility index (Phi) is 3.55. The van der Waals surface area contributed by atoms with Gasteiger partial charge in [0.1, 0.15) is 5.92 Å². The maximum Gasteiger partial charge on any atom is 0.342 e. The van der Waals surface area contributed by atoms with Crippen LogP contribution in [0.15, 0.2) is 42.5 Å². The molecule has 0 amide bonds. The van der Waals surface area contributed by atoms with E-state index in [0.29, 0.717) is 12.1 Å². The first kappa shape index (κ1) is 11.4. The molecule has 0 aromatic heterocycles. The lowest BCUT2D eigenvalue weighted by atomic mass is 9.93. The monoisotopic (exact) mass is 231 g/mol. The zero-order valence-corrected chi connectivity index (χ0v) is 9.26. The van der Waals surface area contributed by atoms with E-state index in [9.17, 15) is 9.59 Å². The van der Waals surface area contributed by atoms with Crippen LogP contribution in [-0.4, -0.2) is 11.8 Å². The number of ketones is 1. The van der Waals surface area contributed by atoms with Crippen molar-refractivity contribution < 1.29 is 14.4 Å². The Labute approximate surface area is 99.2 Å². The standard InChI is InChI=1S/C13H13NO3/c15-12-9-5-4-8-11(12)13(16)17-14-10-6-2-1-3-7-10/h1-3,5-7,9,11,14H,4,8H2. The Bertz CT molecular complexity index is 439. The van der Waals surface area contributed by atoms with Crippen molar-refractivity contribution in [1.29, 1.82) is 0 Å². The van der Waals surface area contributed by atoms with Gasteiger partial charge in [-0.05, 0) is 31.1 Å². The molecule has 4 nitrogen and oxygen atoms in total. The fourth-order valence-electron chi connectivity index (χ4n) is 1.64. The average Bonchev–Trinajstić information content (AvgIpc) is 2.38. The molecule has 1 N–H and O–H groups in total. The second kappa shape index (κ2) is 5.30. The highest BCUT2D eigenvalue weighted by Crippen LogP contribution is 2.17. The summed E-state index contributed by atoms with van der Waals surface area (Å²) in [7, 11) is 0. The molecule has 1 aromatic carbocycles. The smallest absolute Gasteiger partial charge is 0.342 e. The minimum Gasteiger partial charge on any atom is -0.343 e. The van der Waals surface area contributed by atoms with Crippen LogP contribution in [0.3, 0.4) is 0 Å². The van der Waals surface area contributed by atoms with Crippen LogP contribution >= 0.6 is 0 Å². The summed E-state index contributed by atoms with van der Waals surface area (Å²) in [5.74, 6) is -1.38. The van der Waals surface area contributed by atoms with Gasteiger partial charge in [0.2, 0.25) is 0 Å². The molecule has 2 rings (SSSR count). The van der Waals surface area contributed by atoms with Gasteiger partial charge in [0.05, 0.1) is 5.69 Å². The number of carbonyl (C=O) groups excluding carboxylic acids is 2. The molecule has 0 spiro atoms. The summed E-state index contributed by atoms with van der Waals surface area (Å²) < 4.78 is 0. The van der Waals surface area contributed by atoms with Crippen LogP contribution < -0.4 is 5.48 Å². The summed E-state index contributed by atoms with van der Waals surface area (Å²) in [4.78, 5) is 28.0. The third-order valence-corrected chi connectivity index (χ3v) is 2.58. The molecule has 1 atom stereocenters. The lowest BCUT2D eigenvalue weighted by Gasteiger charge is -2.15. The third-order valence-electron chi connectivity index (χ3n) is 2.58. The van der Waals surface area contributed by atoms with Gasteiger partial charge in [-0.25, -0.2) is 10.3 Å². The molecule has 1 unspecified atom stereocenters. The van der Waals surface area contributed by atoms with Crippen LogP contribution in [0.2, 0.25) is 0 Å². The van der Waals surface area contributed by atoms with E-state index < -0.39 is 11.9 Å². The Morgan fingerprint density at radius 1 is 1.29 bits per heavy atom. The van der Waals surface area contributed by atoms with Gasteiger partial charge in [-0.1, -0.05) is 24.3 Å². The molecule has 0 aliphatic heterocycles. The van der Waals surface area contributed by atoms with Gasteiger partial charge in [-0.15, -0.1) is 0 Å². The minimum atomic E-state index is -0.670. The molecular weight excluding hydrogens is 218 g/mol. The Morgan fingerprint density at radius 2 is 2.06 bits per heavy atom. The van der Waals surface area contributed by atoms with Crippen molar-refractivity contribution in [1.82, 2.24) is 0 Å². The fourth-order valence-corrected chi connectivity index (χ4v) is 1.64. The molecule has 1 aliphatic rings. The summed E-state index contributed by atoms with van der Waals surface area (Å²) >= 11 is 0. The Balaban J connectivity index is 1.89. The van der Waals surface area contributed by atoms with E-state index in [1.807, 2.05) is 18.2 Å². The SMILES string of the molecule is O=C1C=CCCC1C(=O)ONc1ccccc1. The molecule has 0 saturated carbocycles. The molecule has 4 heteroatoms. The van der Waals surface area contributed by atoms with E-state index in [-0.39, 0.29) is 5.78 Å². The van der Waals surface area contributed by atoms with Crippen molar-refractivity contribution in [2.24, 2.45) is 5.92 Å². The zero-order valence-electron chi connectivity index (χ0n) is 9.26. The van der Waals surface area contributed by atoms with Gasteiger partial charge in [0, 0.05) is 0 Å². The van der Waals surface area contributed by atoms with Crippen molar-refractivity contribution in [3.8, 4) is 0 Å². The van der Waals surface area contributed by atoms with Crippen LogP contribution in [0.25, 0.3) is 0 Å². The lowest BCUT2D eigenvalue weighted by molar-refractivity contribution is -0.148. The van der Waals surface area contributed by atoms with Crippen LogP contribution in [0, 0.1) is 5.92 Å². The molecular formula is C13H13NO3. The number of para-hydroxylation sites is 1. The predicted octanol–water partition coefficient (Wildman–Crippen LogP) is 2.09. The molecule has 0 radical (unpaired) electrons. The second-order valence-corrected chi connectivity index (χ2v) is 3.82. The zero-order chi connectivity index (χ0) is 12.1. The van der Waals surface area contributed by atoms with E-state index in [2.05, 4.69) is 5.48 Å². The number of allylic oxidation sites excluding steroid dienone is 2. The van der Waals surface area contributed by atoms with Crippen molar-refractivity contribution in [3.63, 3.8) is 0 Å². The summed E-state index contributed by atoms with van der Waals surface area (Å²) in [5.41, 5.74) is 3.22. The molecule has 0 fully saturated rings. The predicted molar refractivity (Wildman–Crippen MR) is 63.0 cm³/mol. The van der Waals surface area contributed by atoms with Crippen LogP contribution in [0.5, 0.6) is 0 Å². The maximum absolute atomic E-state index is 11.6. The first-order valence-electron chi connectivity index (χ1n) is 5.49. The first-order valence-corrected chi connectivity index (χ1v) is 5.49. The van der Waals surface area contributed by atoms with Gasteiger partial charge in [0.25, 0.3) is 0 Å². The van der Waals surface area contributed by atoms with Crippen LogP contribution in [0.4, 0.5) is 5.69 Å². The average molecular weight is 231 g/mol. The topological polar surface area (TPSA) is 55.4 Å². The number of carbonyl (C=O) groups is 2.